The lowest BCUT2D eigenvalue weighted by atomic mass is 9.87. The van der Waals surface area contributed by atoms with Crippen LogP contribution >= 0.6 is 0 Å². The van der Waals surface area contributed by atoms with Gasteiger partial charge in [0.15, 0.2) is 11.3 Å². The quantitative estimate of drug-likeness (QED) is 0.750. The predicted octanol–water partition coefficient (Wildman–Crippen LogP) is 1.44. The van der Waals surface area contributed by atoms with Gasteiger partial charge in [-0.3, -0.25) is 14.3 Å². The number of likely N-dealkylation sites (tertiary alicyclic amines) is 1. The van der Waals surface area contributed by atoms with Gasteiger partial charge in [-0.05, 0) is 6.07 Å². The van der Waals surface area contributed by atoms with Crippen molar-refractivity contribution >= 4 is 16.9 Å². The van der Waals surface area contributed by atoms with E-state index in [1.54, 1.807) is 13.1 Å². The second-order valence-electron chi connectivity index (χ2n) is 6.71. The van der Waals surface area contributed by atoms with E-state index in [9.17, 15) is 18.4 Å². The monoisotopic (exact) mass is 373 g/mol. The zero-order chi connectivity index (χ0) is 19.2. The average Bonchev–Trinajstić information content (AvgIpc) is 2.99. The van der Waals surface area contributed by atoms with Gasteiger partial charge < -0.3 is 9.88 Å². The van der Waals surface area contributed by atoms with Crippen LogP contribution < -0.4 is 5.56 Å². The summed E-state index contributed by atoms with van der Waals surface area (Å²) in [5.74, 6) is -0.517. The Morgan fingerprint density at radius 3 is 2.81 bits per heavy atom. The highest BCUT2D eigenvalue weighted by Gasteiger charge is 2.48. The number of carbonyl (C=O) groups excluding carboxylic acids is 1. The number of H-pyrrole nitrogens is 1. The highest BCUT2D eigenvalue weighted by Crippen LogP contribution is 2.37. The van der Waals surface area contributed by atoms with Crippen LogP contribution in [0.1, 0.15) is 17.8 Å². The first-order chi connectivity index (χ1) is 12.9. The van der Waals surface area contributed by atoms with Gasteiger partial charge in [0.1, 0.15) is 17.0 Å². The van der Waals surface area contributed by atoms with Gasteiger partial charge >= 0.3 is 0 Å². The van der Waals surface area contributed by atoms with Gasteiger partial charge in [0.2, 0.25) is 5.91 Å². The smallest absolute Gasteiger partial charge is 0.262 e. The number of nitrogens with zero attached hydrogens (tertiary/aromatic N) is 4. The van der Waals surface area contributed by atoms with Crippen LogP contribution in [-0.2, 0) is 23.9 Å². The standard InChI is InChI=1S/C18H17F2N5O2/c1-24-16-11(8-21-24)17(27)23-14(22-16)6-7-15(26)25-9-18(20,10-25)12-4-2-3-5-13(12)19/h2-5,8H,6-7,9-10H2,1H3,(H,22,23,27). The molecule has 0 atom stereocenters. The molecule has 0 radical (unpaired) electrons. The molecule has 0 unspecified atom stereocenters. The molecule has 1 saturated heterocycles. The minimum absolute atomic E-state index is 0.0262. The molecule has 9 heteroatoms. The molecular weight excluding hydrogens is 356 g/mol. The summed E-state index contributed by atoms with van der Waals surface area (Å²) in [4.78, 5) is 32.6. The highest BCUT2D eigenvalue weighted by atomic mass is 19.1. The topological polar surface area (TPSA) is 83.9 Å². The van der Waals surface area contributed by atoms with Crippen LogP contribution in [-0.4, -0.2) is 43.6 Å². The van der Waals surface area contributed by atoms with Crippen molar-refractivity contribution in [3.8, 4) is 0 Å². The molecule has 1 N–H and O–H groups in total. The SMILES string of the molecule is Cn1ncc2c(=O)[nH]c(CCC(=O)N3CC(F)(c4ccccc4F)C3)nc21. The fourth-order valence-corrected chi connectivity index (χ4v) is 3.31. The van der Waals surface area contributed by atoms with Crippen LogP contribution in [0.25, 0.3) is 11.0 Å². The van der Waals surface area contributed by atoms with Crippen LogP contribution in [0.5, 0.6) is 0 Å². The van der Waals surface area contributed by atoms with Crippen molar-refractivity contribution in [2.24, 2.45) is 7.05 Å². The molecule has 0 aliphatic carbocycles. The van der Waals surface area contributed by atoms with E-state index >= 15 is 0 Å². The number of halogens is 2. The summed E-state index contributed by atoms with van der Waals surface area (Å²) >= 11 is 0. The summed E-state index contributed by atoms with van der Waals surface area (Å²) in [6, 6.07) is 5.67. The summed E-state index contributed by atoms with van der Waals surface area (Å²) in [6.45, 7) is -0.366. The zero-order valence-corrected chi connectivity index (χ0v) is 14.6. The Balaban J connectivity index is 1.41. The first-order valence-corrected chi connectivity index (χ1v) is 8.50. The minimum atomic E-state index is -1.86. The Kier molecular flexibility index (Phi) is 4.01. The average molecular weight is 373 g/mol. The van der Waals surface area contributed by atoms with Gasteiger partial charge in [-0.25, -0.2) is 13.8 Å². The van der Waals surface area contributed by atoms with E-state index in [0.717, 1.165) is 0 Å². The first kappa shape index (κ1) is 17.3. The number of hydrogen-bond donors (Lipinski definition) is 1. The number of aromatic amines is 1. The van der Waals surface area contributed by atoms with E-state index in [-0.39, 0.29) is 43.0 Å². The fourth-order valence-electron chi connectivity index (χ4n) is 3.31. The van der Waals surface area contributed by atoms with Crippen LogP contribution in [0.2, 0.25) is 0 Å². The van der Waals surface area contributed by atoms with Crippen LogP contribution in [0, 0.1) is 5.82 Å². The van der Waals surface area contributed by atoms with Crippen LogP contribution in [0.3, 0.4) is 0 Å². The van der Waals surface area contributed by atoms with E-state index in [0.29, 0.717) is 16.9 Å². The molecule has 7 nitrogen and oxygen atoms in total. The fraction of sp³-hybridized carbons (Fsp3) is 0.333. The molecular formula is C18H17F2N5O2. The molecule has 2 aromatic heterocycles. The summed E-state index contributed by atoms with van der Waals surface area (Å²) in [5.41, 5.74) is -1.77. The summed E-state index contributed by atoms with van der Waals surface area (Å²) in [7, 11) is 1.67. The lowest BCUT2D eigenvalue weighted by molar-refractivity contribution is -0.146. The van der Waals surface area contributed by atoms with Gasteiger partial charge in [0, 0.05) is 25.5 Å². The molecule has 1 aliphatic rings. The van der Waals surface area contributed by atoms with Gasteiger partial charge in [0.25, 0.3) is 5.56 Å². The summed E-state index contributed by atoms with van der Waals surface area (Å²) in [5, 5.41) is 4.36. The number of amides is 1. The Morgan fingerprint density at radius 1 is 1.33 bits per heavy atom. The Labute approximate surface area is 152 Å². The van der Waals surface area contributed by atoms with E-state index in [2.05, 4.69) is 15.1 Å². The first-order valence-electron chi connectivity index (χ1n) is 8.50. The molecule has 0 saturated carbocycles. The second-order valence-corrected chi connectivity index (χ2v) is 6.71. The number of fused-ring (bicyclic) bond motifs is 1. The van der Waals surface area contributed by atoms with E-state index < -0.39 is 11.5 Å². The van der Waals surface area contributed by atoms with Gasteiger partial charge in [-0.15, -0.1) is 0 Å². The van der Waals surface area contributed by atoms with E-state index in [4.69, 9.17) is 0 Å². The van der Waals surface area contributed by atoms with E-state index in [1.807, 2.05) is 0 Å². The van der Waals surface area contributed by atoms with Crippen molar-refractivity contribution in [2.75, 3.05) is 13.1 Å². The molecule has 3 heterocycles. The Bertz CT molecular complexity index is 1080. The molecule has 1 fully saturated rings. The number of aromatic nitrogens is 4. The molecule has 1 amide bonds. The normalized spacial score (nSPS) is 15.7. The Morgan fingerprint density at radius 2 is 2.07 bits per heavy atom. The third kappa shape index (κ3) is 2.98. The molecule has 0 spiro atoms. The number of rotatable bonds is 4. The van der Waals surface area contributed by atoms with Gasteiger partial charge in [0.05, 0.1) is 19.3 Å². The van der Waals surface area contributed by atoms with E-state index in [1.165, 1.54) is 34.0 Å². The molecule has 1 aliphatic heterocycles. The van der Waals surface area contributed by atoms with Crippen molar-refractivity contribution in [2.45, 2.75) is 18.5 Å². The lowest BCUT2D eigenvalue weighted by Crippen LogP contribution is -2.59. The maximum atomic E-state index is 14.8. The predicted molar refractivity (Wildman–Crippen MR) is 93.2 cm³/mol. The number of aryl methyl sites for hydroxylation is 2. The third-order valence-electron chi connectivity index (χ3n) is 4.82. The molecule has 1 aromatic carbocycles. The second kappa shape index (κ2) is 6.26. The van der Waals surface area contributed by atoms with Crippen molar-refractivity contribution in [1.29, 1.82) is 0 Å². The molecule has 27 heavy (non-hydrogen) atoms. The Hall–Kier alpha value is -3.10. The molecule has 140 valence electrons. The van der Waals surface area contributed by atoms with Gasteiger partial charge in [-0.1, -0.05) is 18.2 Å². The maximum Gasteiger partial charge on any atom is 0.262 e. The minimum Gasteiger partial charge on any atom is -0.335 e. The lowest BCUT2D eigenvalue weighted by Gasteiger charge is -2.44. The molecule has 4 rings (SSSR count). The van der Waals surface area contributed by atoms with Crippen molar-refractivity contribution in [3.05, 3.63) is 58.0 Å². The number of hydrogen-bond acceptors (Lipinski definition) is 4. The largest absolute Gasteiger partial charge is 0.335 e. The van der Waals surface area contributed by atoms with Crippen LogP contribution in [0.4, 0.5) is 8.78 Å². The number of alkyl halides is 1. The molecule has 3 aromatic rings. The number of carbonyl (C=O) groups is 1. The number of nitrogens with one attached hydrogen (secondary N) is 1. The third-order valence-corrected chi connectivity index (χ3v) is 4.82. The molecule has 0 bridgehead atoms. The zero-order valence-electron chi connectivity index (χ0n) is 14.6. The maximum absolute atomic E-state index is 14.8. The highest BCUT2D eigenvalue weighted by molar-refractivity contribution is 5.78. The van der Waals surface area contributed by atoms with Crippen LogP contribution in [0.15, 0.2) is 35.3 Å². The summed E-state index contributed by atoms with van der Waals surface area (Å²) < 4.78 is 30.1. The van der Waals surface area contributed by atoms with Gasteiger partial charge in [-0.2, -0.15) is 5.10 Å². The van der Waals surface area contributed by atoms with Crippen molar-refractivity contribution < 1.29 is 13.6 Å². The van der Waals surface area contributed by atoms with Crippen molar-refractivity contribution in [3.63, 3.8) is 0 Å². The number of benzene rings is 1. The summed E-state index contributed by atoms with van der Waals surface area (Å²) in [6.07, 6.45) is 1.71. The van der Waals surface area contributed by atoms with Crippen molar-refractivity contribution in [1.82, 2.24) is 24.6 Å².